The summed E-state index contributed by atoms with van der Waals surface area (Å²) in [6.07, 6.45) is 4.78. The van der Waals surface area contributed by atoms with Crippen molar-refractivity contribution in [1.29, 1.82) is 0 Å². The van der Waals surface area contributed by atoms with Gasteiger partial charge in [0.1, 0.15) is 5.82 Å². The van der Waals surface area contributed by atoms with Crippen molar-refractivity contribution in [1.82, 2.24) is 14.9 Å². The van der Waals surface area contributed by atoms with E-state index in [2.05, 4.69) is 46.1 Å². The predicted molar refractivity (Wildman–Crippen MR) is 104 cm³/mol. The van der Waals surface area contributed by atoms with Crippen LogP contribution in [0.3, 0.4) is 0 Å². The van der Waals surface area contributed by atoms with Gasteiger partial charge in [0.2, 0.25) is 0 Å². The summed E-state index contributed by atoms with van der Waals surface area (Å²) in [6.45, 7) is 6.89. The summed E-state index contributed by atoms with van der Waals surface area (Å²) in [6, 6.07) is 16.1. The predicted octanol–water partition coefficient (Wildman–Crippen LogP) is 4.29. The summed E-state index contributed by atoms with van der Waals surface area (Å²) in [5, 5.41) is 3.07. The maximum Gasteiger partial charge on any atom is 0.251 e. The molecule has 3 aromatic rings. The number of nitrogens with one attached hydrogen (secondary N) is 1. The third-order valence-corrected chi connectivity index (χ3v) is 4.73. The second kappa shape index (κ2) is 8.00. The average Bonchev–Trinajstić information content (AvgIpc) is 3.07. The van der Waals surface area contributed by atoms with Crippen LogP contribution >= 0.6 is 0 Å². The first-order chi connectivity index (χ1) is 12.6. The van der Waals surface area contributed by atoms with E-state index >= 15 is 0 Å². The van der Waals surface area contributed by atoms with Gasteiger partial charge in [-0.15, -0.1) is 0 Å². The number of nitrogens with zero attached hydrogens (tertiary/aromatic N) is 2. The first kappa shape index (κ1) is 17.9. The molecule has 1 aromatic heterocycles. The number of aryl methyl sites for hydroxylation is 2. The number of hydrogen-bond donors (Lipinski definition) is 1. The van der Waals surface area contributed by atoms with Gasteiger partial charge in [-0.05, 0) is 49.1 Å². The van der Waals surface area contributed by atoms with Crippen LogP contribution in [0.15, 0.2) is 60.9 Å². The van der Waals surface area contributed by atoms with E-state index in [1.807, 2.05) is 44.3 Å². The first-order valence-corrected chi connectivity index (χ1v) is 9.03. The van der Waals surface area contributed by atoms with Crippen molar-refractivity contribution in [3.63, 3.8) is 0 Å². The molecule has 1 N–H and O–H groups in total. The quantitative estimate of drug-likeness (QED) is 0.723. The van der Waals surface area contributed by atoms with Crippen LogP contribution in [0.4, 0.5) is 0 Å². The van der Waals surface area contributed by atoms with Crippen molar-refractivity contribution < 1.29 is 4.79 Å². The standard InChI is InChI=1S/C22H25N3O/c1-4-18-5-9-20(10-6-18)16(2)24-22(26)21-11-7-19(8-12-21)15-25-14-13-23-17(25)3/h5-14,16H,4,15H2,1-3H3,(H,24,26)/t16-/m0/s1. The summed E-state index contributed by atoms with van der Waals surface area (Å²) >= 11 is 0. The van der Waals surface area contributed by atoms with E-state index < -0.39 is 0 Å². The normalized spacial score (nSPS) is 12.0. The fourth-order valence-corrected chi connectivity index (χ4v) is 2.93. The Labute approximate surface area is 154 Å². The lowest BCUT2D eigenvalue weighted by atomic mass is 10.0. The molecule has 1 amide bonds. The summed E-state index contributed by atoms with van der Waals surface area (Å²) in [4.78, 5) is 16.7. The van der Waals surface area contributed by atoms with Gasteiger partial charge in [-0.25, -0.2) is 4.98 Å². The van der Waals surface area contributed by atoms with Crippen LogP contribution in [0, 0.1) is 6.92 Å². The largest absolute Gasteiger partial charge is 0.346 e. The second-order valence-corrected chi connectivity index (χ2v) is 6.59. The van der Waals surface area contributed by atoms with E-state index in [9.17, 15) is 4.79 Å². The smallest absolute Gasteiger partial charge is 0.251 e. The molecule has 0 aliphatic carbocycles. The lowest BCUT2D eigenvalue weighted by Crippen LogP contribution is -2.26. The fourth-order valence-electron chi connectivity index (χ4n) is 2.93. The highest BCUT2D eigenvalue weighted by atomic mass is 16.1. The average molecular weight is 347 g/mol. The SMILES string of the molecule is CCc1ccc([C@H](C)NC(=O)c2ccc(Cn3ccnc3C)cc2)cc1. The third-order valence-electron chi connectivity index (χ3n) is 4.73. The highest BCUT2D eigenvalue weighted by molar-refractivity contribution is 5.94. The van der Waals surface area contributed by atoms with Gasteiger partial charge in [0, 0.05) is 24.5 Å². The molecule has 0 radical (unpaired) electrons. The van der Waals surface area contributed by atoms with Crippen LogP contribution in [-0.2, 0) is 13.0 Å². The van der Waals surface area contributed by atoms with Crippen molar-refractivity contribution in [3.8, 4) is 0 Å². The Morgan fingerprint density at radius 2 is 1.73 bits per heavy atom. The molecule has 0 aliphatic heterocycles. The van der Waals surface area contributed by atoms with Crippen LogP contribution in [0.1, 0.15) is 52.8 Å². The fraction of sp³-hybridized carbons (Fsp3) is 0.273. The van der Waals surface area contributed by atoms with Crippen LogP contribution in [0.2, 0.25) is 0 Å². The molecule has 2 aromatic carbocycles. The number of aromatic nitrogens is 2. The maximum atomic E-state index is 12.5. The van der Waals surface area contributed by atoms with Crippen molar-refractivity contribution in [2.45, 2.75) is 39.8 Å². The van der Waals surface area contributed by atoms with E-state index in [-0.39, 0.29) is 11.9 Å². The Balaban J connectivity index is 1.63. The van der Waals surface area contributed by atoms with Crippen molar-refractivity contribution in [2.75, 3.05) is 0 Å². The van der Waals surface area contributed by atoms with Crippen molar-refractivity contribution in [2.24, 2.45) is 0 Å². The molecule has 0 fully saturated rings. The molecule has 0 unspecified atom stereocenters. The van der Waals surface area contributed by atoms with Gasteiger partial charge >= 0.3 is 0 Å². The molecule has 4 heteroatoms. The van der Waals surface area contributed by atoms with E-state index in [0.717, 1.165) is 29.9 Å². The highest BCUT2D eigenvalue weighted by Gasteiger charge is 2.11. The van der Waals surface area contributed by atoms with Crippen LogP contribution in [0.25, 0.3) is 0 Å². The molecule has 3 rings (SSSR count). The van der Waals surface area contributed by atoms with Gasteiger partial charge in [0.15, 0.2) is 0 Å². The molecular formula is C22H25N3O. The summed E-state index contributed by atoms with van der Waals surface area (Å²) < 4.78 is 2.08. The number of amides is 1. The zero-order chi connectivity index (χ0) is 18.5. The van der Waals surface area contributed by atoms with Gasteiger partial charge in [-0.2, -0.15) is 0 Å². The summed E-state index contributed by atoms with van der Waals surface area (Å²) in [7, 11) is 0. The lowest BCUT2D eigenvalue weighted by Gasteiger charge is -2.15. The number of rotatable bonds is 6. The third kappa shape index (κ3) is 4.20. The minimum atomic E-state index is -0.0533. The highest BCUT2D eigenvalue weighted by Crippen LogP contribution is 2.15. The minimum absolute atomic E-state index is 0.0262. The van der Waals surface area contributed by atoms with Crippen molar-refractivity contribution >= 4 is 5.91 Å². The van der Waals surface area contributed by atoms with Crippen LogP contribution < -0.4 is 5.32 Å². The number of imidazole rings is 1. The van der Waals surface area contributed by atoms with E-state index in [1.165, 1.54) is 5.56 Å². The monoisotopic (exact) mass is 347 g/mol. The zero-order valence-corrected chi connectivity index (χ0v) is 15.6. The molecule has 0 aliphatic rings. The molecule has 0 spiro atoms. The molecule has 4 nitrogen and oxygen atoms in total. The zero-order valence-electron chi connectivity index (χ0n) is 15.6. The number of benzene rings is 2. The Bertz CT molecular complexity index is 863. The van der Waals surface area contributed by atoms with E-state index in [1.54, 1.807) is 6.20 Å². The first-order valence-electron chi connectivity index (χ1n) is 9.03. The summed E-state index contributed by atoms with van der Waals surface area (Å²) in [5.41, 5.74) is 4.23. The molecule has 1 heterocycles. The van der Waals surface area contributed by atoms with Gasteiger partial charge in [-0.3, -0.25) is 4.79 Å². The van der Waals surface area contributed by atoms with E-state index in [0.29, 0.717) is 5.56 Å². The second-order valence-electron chi connectivity index (χ2n) is 6.59. The molecule has 1 atom stereocenters. The minimum Gasteiger partial charge on any atom is -0.346 e. The maximum absolute atomic E-state index is 12.5. The lowest BCUT2D eigenvalue weighted by molar-refractivity contribution is 0.0940. The Hall–Kier alpha value is -2.88. The molecule has 26 heavy (non-hydrogen) atoms. The molecule has 0 saturated heterocycles. The molecular weight excluding hydrogens is 322 g/mol. The van der Waals surface area contributed by atoms with Gasteiger partial charge < -0.3 is 9.88 Å². The Morgan fingerprint density at radius 1 is 1.08 bits per heavy atom. The number of carbonyl (C=O) groups is 1. The van der Waals surface area contributed by atoms with Crippen LogP contribution in [0.5, 0.6) is 0 Å². The molecule has 0 saturated carbocycles. The topological polar surface area (TPSA) is 46.9 Å². The van der Waals surface area contributed by atoms with Gasteiger partial charge in [0.25, 0.3) is 5.91 Å². The summed E-state index contributed by atoms with van der Waals surface area (Å²) in [5.74, 6) is 0.928. The molecule has 134 valence electrons. The van der Waals surface area contributed by atoms with Gasteiger partial charge in [-0.1, -0.05) is 43.3 Å². The van der Waals surface area contributed by atoms with Crippen molar-refractivity contribution in [3.05, 3.63) is 89.0 Å². The Kier molecular flexibility index (Phi) is 5.52. The number of hydrogen-bond acceptors (Lipinski definition) is 2. The molecule has 0 bridgehead atoms. The van der Waals surface area contributed by atoms with Gasteiger partial charge in [0.05, 0.1) is 6.04 Å². The Morgan fingerprint density at radius 3 is 2.31 bits per heavy atom. The van der Waals surface area contributed by atoms with E-state index in [4.69, 9.17) is 0 Å². The number of carbonyl (C=O) groups excluding carboxylic acids is 1. The van der Waals surface area contributed by atoms with Crippen LogP contribution in [-0.4, -0.2) is 15.5 Å².